The Hall–Kier alpha value is -5.30. The third kappa shape index (κ3) is 4.30. The summed E-state index contributed by atoms with van der Waals surface area (Å²) in [4.78, 5) is 51.0. The fourth-order valence-corrected chi connectivity index (χ4v) is 4.34. The number of para-hydroxylation sites is 2. The highest BCUT2D eigenvalue weighted by molar-refractivity contribution is 6.41. The van der Waals surface area contributed by atoms with Gasteiger partial charge in [-0.2, -0.15) is 0 Å². The molecule has 0 heterocycles. The minimum Gasteiger partial charge on any atom is -0.478 e. The molecule has 4 aromatic rings. The fourth-order valence-electron chi connectivity index (χ4n) is 4.34. The molecule has 0 aromatic heterocycles. The van der Waals surface area contributed by atoms with Gasteiger partial charge in [0.15, 0.2) is 11.6 Å². The lowest BCUT2D eigenvalue weighted by atomic mass is 9.99. The van der Waals surface area contributed by atoms with Gasteiger partial charge in [-0.1, -0.05) is 48.5 Å². The Morgan fingerprint density at radius 3 is 1.41 bits per heavy atom. The number of aromatic carboxylic acids is 2. The molecule has 0 saturated heterocycles. The summed E-state index contributed by atoms with van der Waals surface area (Å²) in [5.41, 5.74) is 1.91. The Kier molecular flexibility index (Phi) is 5.95. The normalized spacial score (nSPS) is 12.3. The molecule has 0 bridgehead atoms. The molecule has 5 rings (SSSR count). The summed E-state index contributed by atoms with van der Waals surface area (Å²) in [7, 11) is 0. The summed E-state index contributed by atoms with van der Waals surface area (Å²) in [6, 6.07) is 28.9. The van der Waals surface area contributed by atoms with Gasteiger partial charge in [0, 0.05) is 28.2 Å². The van der Waals surface area contributed by atoms with Crippen LogP contribution in [0.15, 0.2) is 103 Å². The van der Waals surface area contributed by atoms with Crippen molar-refractivity contribution in [3.63, 3.8) is 0 Å². The molecule has 0 aliphatic heterocycles. The van der Waals surface area contributed by atoms with Crippen molar-refractivity contribution in [3.8, 4) is 0 Å². The zero-order valence-corrected chi connectivity index (χ0v) is 19.3. The van der Waals surface area contributed by atoms with Crippen LogP contribution >= 0.6 is 0 Å². The number of Topliss-reactive ketones (excluding diaryl/α,β-unsaturated/α-hetero) is 2. The Morgan fingerprint density at radius 1 is 0.595 bits per heavy atom. The quantitative estimate of drug-likeness (QED) is 0.252. The van der Waals surface area contributed by atoms with Crippen molar-refractivity contribution in [3.05, 3.63) is 130 Å². The Labute approximate surface area is 211 Å². The number of fused-ring (bicyclic) bond motifs is 1. The average molecular weight is 489 g/mol. The monoisotopic (exact) mass is 489 g/mol. The van der Waals surface area contributed by atoms with Gasteiger partial charge < -0.3 is 15.1 Å². The topological polar surface area (TPSA) is 112 Å². The number of hydrogen-bond donors (Lipinski definition) is 2. The van der Waals surface area contributed by atoms with Crippen LogP contribution in [0.4, 0.5) is 17.1 Å². The number of carbonyl (C=O) groups excluding carboxylic acids is 2. The third-order valence-electron chi connectivity index (χ3n) is 6.09. The molecule has 0 unspecified atom stereocenters. The number of ketones is 2. The maximum Gasteiger partial charge on any atom is 0.336 e. The summed E-state index contributed by atoms with van der Waals surface area (Å²) < 4.78 is 0. The van der Waals surface area contributed by atoms with E-state index in [2.05, 4.69) is 4.90 Å². The van der Waals surface area contributed by atoms with E-state index in [1.54, 1.807) is 12.1 Å². The first-order valence-corrected chi connectivity index (χ1v) is 11.3. The molecule has 7 heteroatoms. The number of hydrogen-bond acceptors (Lipinski definition) is 5. The van der Waals surface area contributed by atoms with Crippen LogP contribution in [-0.2, 0) is 0 Å². The first kappa shape index (κ1) is 23.4. The minimum absolute atomic E-state index is 0.116. The maximum atomic E-state index is 13.0. The molecule has 0 radical (unpaired) electrons. The number of allylic oxidation sites excluding steroid dienone is 1. The number of carboxylic acids is 2. The van der Waals surface area contributed by atoms with Gasteiger partial charge >= 0.3 is 11.9 Å². The number of carbonyl (C=O) groups is 4. The molecule has 180 valence electrons. The van der Waals surface area contributed by atoms with E-state index in [1.807, 2.05) is 72.8 Å². The molecule has 0 atom stereocenters. The molecule has 37 heavy (non-hydrogen) atoms. The van der Waals surface area contributed by atoms with Gasteiger partial charge in [-0.25, -0.2) is 9.59 Å². The Balaban J connectivity index is 1.51. The Bertz CT molecular complexity index is 1490. The standard InChI is InChI=1S/C30H19NO6/c32-27-22-16-24(29(34)35)25(30(36)37)17-23(22)28(33)26(27)15-18-11-13-21(14-12-18)31(19-7-3-1-4-8-19)20-9-5-2-6-10-20/h1-17H,(H,34,35)(H,36,37). The molecule has 0 amide bonds. The van der Waals surface area contributed by atoms with Gasteiger partial charge in [0.25, 0.3) is 0 Å². The van der Waals surface area contributed by atoms with Crippen LogP contribution in [0, 0.1) is 0 Å². The molecule has 0 spiro atoms. The highest BCUT2D eigenvalue weighted by atomic mass is 16.4. The molecule has 0 fully saturated rings. The zero-order valence-electron chi connectivity index (χ0n) is 19.3. The van der Waals surface area contributed by atoms with Crippen molar-refractivity contribution in [2.45, 2.75) is 0 Å². The number of nitrogens with zero attached hydrogens (tertiary/aromatic N) is 1. The van der Waals surface area contributed by atoms with Crippen LogP contribution in [0.5, 0.6) is 0 Å². The van der Waals surface area contributed by atoms with Crippen LogP contribution < -0.4 is 4.90 Å². The maximum absolute atomic E-state index is 13.0. The highest BCUT2D eigenvalue weighted by Crippen LogP contribution is 2.35. The van der Waals surface area contributed by atoms with Gasteiger partial charge in [-0.3, -0.25) is 9.59 Å². The minimum atomic E-state index is -1.49. The fraction of sp³-hybridized carbons (Fsp3) is 0. The molecule has 0 saturated carbocycles. The number of carboxylic acid groups (broad SMARTS) is 2. The molecule has 1 aliphatic rings. The van der Waals surface area contributed by atoms with Crippen molar-refractivity contribution in [1.29, 1.82) is 0 Å². The van der Waals surface area contributed by atoms with E-state index in [9.17, 15) is 29.4 Å². The van der Waals surface area contributed by atoms with E-state index in [0.717, 1.165) is 29.2 Å². The van der Waals surface area contributed by atoms with Crippen molar-refractivity contribution in [1.82, 2.24) is 0 Å². The van der Waals surface area contributed by atoms with Gasteiger partial charge in [0.2, 0.25) is 0 Å². The van der Waals surface area contributed by atoms with Crippen LogP contribution in [-0.4, -0.2) is 33.7 Å². The predicted octanol–water partition coefficient (Wildman–Crippen LogP) is 6.02. The SMILES string of the molecule is O=C(O)c1cc2c(cc1C(=O)O)C(=O)C(=Cc1ccc(N(c3ccccc3)c3ccccc3)cc1)C2=O. The molecular weight excluding hydrogens is 470 g/mol. The zero-order chi connectivity index (χ0) is 26.1. The highest BCUT2D eigenvalue weighted by Gasteiger charge is 2.36. The molecule has 7 nitrogen and oxygen atoms in total. The Morgan fingerprint density at radius 2 is 1.00 bits per heavy atom. The van der Waals surface area contributed by atoms with Gasteiger partial charge in [0.1, 0.15) is 0 Å². The number of anilines is 3. The van der Waals surface area contributed by atoms with Crippen LogP contribution in [0.3, 0.4) is 0 Å². The van der Waals surface area contributed by atoms with E-state index in [1.165, 1.54) is 6.08 Å². The smallest absolute Gasteiger partial charge is 0.336 e. The first-order chi connectivity index (χ1) is 17.8. The lowest BCUT2D eigenvalue weighted by Gasteiger charge is -2.25. The summed E-state index contributed by atoms with van der Waals surface area (Å²) in [5, 5.41) is 18.7. The molecule has 2 N–H and O–H groups in total. The van der Waals surface area contributed by atoms with Gasteiger partial charge in [-0.05, 0) is 60.2 Å². The van der Waals surface area contributed by atoms with Crippen molar-refractivity contribution < 1.29 is 29.4 Å². The second-order valence-corrected chi connectivity index (χ2v) is 8.37. The van der Waals surface area contributed by atoms with Crippen LogP contribution in [0.25, 0.3) is 6.08 Å². The summed E-state index contributed by atoms with van der Waals surface area (Å²) in [6.45, 7) is 0. The molecule has 1 aliphatic carbocycles. The second-order valence-electron chi connectivity index (χ2n) is 8.37. The molecule has 4 aromatic carbocycles. The van der Waals surface area contributed by atoms with E-state index >= 15 is 0 Å². The number of benzene rings is 4. The summed E-state index contributed by atoms with van der Waals surface area (Å²) in [5.74, 6) is -4.26. The summed E-state index contributed by atoms with van der Waals surface area (Å²) in [6.07, 6.45) is 1.44. The second kappa shape index (κ2) is 9.39. The van der Waals surface area contributed by atoms with Crippen molar-refractivity contribution >= 4 is 46.6 Å². The van der Waals surface area contributed by atoms with Crippen LogP contribution in [0.1, 0.15) is 47.0 Å². The predicted molar refractivity (Wildman–Crippen MR) is 138 cm³/mol. The number of rotatable bonds is 6. The van der Waals surface area contributed by atoms with E-state index in [0.29, 0.717) is 5.56 Å². The largest absolute Gasteiger partial charge is 0.478 e. The van der Waals surface area contributed by atoms with E-state index < -0.39 is 34.6 Å². The van der Waals surface area contributed by atoms with Crippen molar-refractivity contribution in [2.75, 3.05) is 4.90 Å². The van der Waals surface area contributed by atoms with E-state index in [-0.39, 0.29) is 16.7 Å². The van der Waals surface area contributed by atoms with Crippen molar-refractivity contribution in [2.24, 2.45) is 0 Å². The first-order valence-electron chi connectivity index (χ1n) is 11.3. The lowest BCUT2D eigenvalue weighted by molar-refractivity contribution is 0.0651. The van der Waals surface area contributed by atoms with Gasteiger partial charge in [-0.15, -0.1) is 0 Å². The summed E-state index contributed by atoms with van der Waals surface area (Å²) >= 11 is 0. The van der Waals surface area contributed by atoms with Crippen LogP contribution in [0.2, 0.25) is 0 Å². The average Bonchev–Trinajstić information content (AvgIpc) is 3.14. The molecular formula is C30H19NO6. The third-order valence-corrected chi connectivity index (χ3v) is 6.09. The lowest BCUT2D eigenvalue weighted by Crippen LogP contribution is -2.10. The van der Waals surface area contributed by atoms with Gasteiger partial charge in [0.05, 0.1) is 16.7 Å². The van der Waals surface area contributed by atoms with E-state index in [4.69, 9.17) is 0 Å².